The zero-order valence-corrected chi connectivity index (χ0v) is 16.0. The molecule has 1 amide bonds. The number of hydrogen-bond donors (Lipinski definition) is 0. The zero-order chi connectivity index (χ0) is 19.0. The number of amides is 1. The number of fused-ring (bicyclic) bond motifs is 4. The summed E-state index contributed by atoms with van der Waals surface area (Å²) < 4.78 is 2.02. The van der Waals surface area contributed by atoms with Crippen molar-refractivity contribution in [2.75, 3.05) is 13.1 Å². The van der Waals surface area contributed by atoms with Gasteiger partial charge in [-0.15, -0.1) is 0 Å². The summed E-state index contributed by atoms with van der Waals surface area (Å²) in [6.07, 6.45) is 5.68. The Bertz CT molecular complexity index is 845. The summed E-state index contributed by atoms with van der Waals surface area (Å²) >= 11 is 0. The predicted octanol–water partition coefficient (Wildman–Crippen LogP) is 2.25. The van der Waals surface area contributed by atoms with Gasteiger partial charge in [0.25, 0.3) is 0 Å². The molecule has 0 saturated carbocycles. The van der Waals surface area contributed by atoms with E-state index in [0.29, 0.717) is 6.54 Å². The third-order valence-electron chi connectivity index (χ3n) is 5.83. The topological polar surface area (TPSA) is 58.4 Å². The van der Waals surface area contributed by atoms with E-state index in [4.69, 9.17) is 0 Å². The number of nitrogens with zero attached hydrogens (tertiary/aromatic N) is 4. The quantitative estimate of drug-likeness (QED) is 0.762. The summed E-state index contributed by atoms with van der Waals surface area (Å²) in [4.78, 5) is 33.4. The Hall–Kier alpha value is -2.47. The largest absolute Gasteiger partial charge is 0.353 e. The Morgan fingerprint density at radius 3 is 2.78 bits per heavy atom. The molecule has 6 heteroatoms. The number of carbonyl (C=O) groups is 2. The maximum absolute atomic E-state index is 13.0. The molecular formula is C21H26N4O2. The van der Waals surface area contributed by atoms with Crippen molar-refractivity contribution >= 4 is 11.7 Å². The Morgan fingerprint density at radius 2 is 2.07 bits per heavy atom. The molecule has 0 radical (unpaired) electrons. The molecule has 2 aromatic heterocycles. The van der Waals surface area contributed by atoms with Crippen LogP contribution >= 0.6 is 0 Å². The smallest absolute Gasteiger partial charge is 0.227 e. The van der Waals surface area contributed by atoms with Crippen molar-refractivity contribution in [3.8, 4) is 0 Å². The highest BCUT2D eigenvalue weighted by atomic mass is 16.2. The first-order valence-electron chi connectivity index (χ1n) is 9.60. The van der Waals surface area contributed by atoms with Gasteiger partial charge >= 0.3 is 0 Å². The lowest BCUT2D eigenvalue weighted by molar-refractivity contribution is -0.140. The van der Waals surface area contributed by atoms with Gasteiger partial charge in [0.1, 0.15) is 0 Å². The first kappa shape index (κ1) is 17.9. The van der Waals surface area contributed by atoms with E-state index < -0.39 is 0 Å². The van der Waals surface area contributed by atoms with E-state index >= 15 is 0 Å². The van der Waals surface area contributed by atoms with Crippen molar-refractivity contribution < 1.29 is 9.59 Å². The number of aryl methyl sites for hydroxylation is 1. The van der Waals surface area contributed by atoms with Gasteiger partial charge in [0.15, 0.2) is 5.78 Å². The monoisotopic (exact) mass is 366 g/mol. The molecule has 5 rings (SSSR count). The number of pyridine rings is 1. The van der Waals surface area contributed by atoms with Gasteiger partial charge in [-0.3, -0.25) is 19.5 Å². The Morgan fingerprint density at radius 1 is 1.22 bits per heavy atom. The molecule has 6 nitrogen and oxygen atoms in total. The van der Waals surface area contributed by atoms with Crippen LogP contribution in [0, 0.1) is 5.92 Å². The molecule has 0 aromatic carbocycles. The molecule has 0 unspecified atom stereocenters. The molecule has 2 aromatic rings. The fourth-order valence-corrected chi connectivity index (χ4v) is 4.32. The van der Waals surface area contributed by atoms with Crippen LogP contribution in [0.15, 0.2) is 36.7 Å². The van der Waals surface area contributed by atoms with Crippen LogP contribution in [0.25, 0.3) is 0 Å². The van der Waals surface area contributed by atoms with Gasteiger partial charge in [-0.05, 0) is 38.0 Å². The van der Waals surface area contributed by atoms with Crippen molar-refractivity contribution in [2.24, 2.45) is 13.0 Å². The van der Waals surface area contributed by atoms with E-state index in [1.165, 1.54) is 0 Å². The summed E-state index contributed by atoms with van der Waals surface area (Å²) in [6.45, 7) is 4.61. The Balaban J connectivity index is 1.50. The van der Waals surface area contributed by atoms with Crippen molar-refractivity contribution in [3.05, 3.63) is 53.6 Å². The molecule has 27 heavy (non-hydrogen) atoms. The van der Waals surface area contributed by atoms with Crippen LogP contribution in [0.3, 0.4) is 0 Å². The number of Topliss-reactive ketones (excluding diaryl/α,β-unsaturated/α-hetero) is 1. The summed E-state index contributed by atoms with van der Waals surface area (Å²) in [5, 5.41) is 0. The average Bonchev–Trinajstić information content (AvgIpc) is 2.83. The lowest BCUT2D eigenvalue weighted by Gasteiger charge is -2.35. The van der Waals surface area contributed by atoms with Crippen LogP contribution in [0.2, 0.25) is 0 Å². The number of rotatable bonds is 5. The van der Waals surface area contributed by atoms with Gasteiger partial charge in [-0.2, -0.15) is 0 Å². The van der Waals surface area contributed by atoms with E-state index in [0.717, 1.165) is 49.4 Å². The third-order valence-corrected chi connectivity index (χ3v) is 5.83. The van der Waals surface area contributed by atoms with Gasteiger partial charge in [0, 0.05) is 56.4 Å². The van der Waals surface area contributed by atoms with E-state index in [9.17, 15) is 9.59 Å². The third kappa shape index (κ3) is 3.67. The molecule has 3 saturated heterocycles. The van der Waals surface area contributed by atoms with Gasteiger partial charge in [0.2, 0.25) is 5.91 Å². The van der Waals surface area contributed by atoms with Crippen LogP contribution in [-0.4, -0.2) is 50.2 Å². The second kappa shape index (κ2) is 7.27. The normalized spacial score (nSPS) is 22.9. The minimum Gasteiger partial charge on any atom is -0.353 e. The average molecular weight is 366 g/mol. The molecule has 142 valence electrons. The molecule has 0 aliphatic carbocycles. The fraction of sp³-hybridized carbons (Fsp3) is 0.476. The predicted molar refractivity (Wildman–Crippen MR) is 102 cm³/mol. The lowest BCUT2D eigenvalue weighted by Crippen LogP contribution is -2.47. The van der Waals surface area contributed by atoms with Gasteiger partial charge < -0.3 is 9.47 Å². The van der Waals surface area contributed by atoms with Gasteiger partial charge in [-0.25, -0.2) is 0 Å². The van der Waals surface area contributed by atoms with E-state index in [2.05, 4.69) is 9.88 Å². The summed E-state index contributed by atoms with van der Waals surface area (Å²) in [7, 11) is 1.98. The van der Waals surface area contributed by atoms with Crippen LogP contribution in [0.5, 0.6) is 0 Å². The molecule has 0 N–H and O–H groups in total. The van der Waals surface area contributed by atoms with E-state index in [1.54, 1.807) is 13.1 Å². The van der Waals surface area contributed by atoms with Crippen molar-refractivity contribution in [3.63, 3.8) is 0 Å². The van der Waals surface area contributed by atoms with Gasteiger partial charge in [0.05, 0.1) is 18.2 Å². The zero-order valence-electron chi connectivity index (χ0n) is 16.0. The highest BCUT2D eigenvalue weighted by molar-refractivity contribution is 5.94. The second-order valence-corrected chi connectivity index (χ2v) is 7.80. The Labute approximate surface area is 159 Å². The minimum atomic E-state index is 0.0556. The number of hydrogen-bond acceptors (Lipinski definition) is 4. The Kier molecular flexibility index (Phi) is 4.83. The van der Waals surface area contributed by atoms with Crippen molar-refractivity contribution in [2.45, 2.75) is 38.9 Å². The van der Waals surface area contributed by atoms with Crippen LogP contribution < -0.4 is 0 Å². The van der Waals surface area contributed by atoms with Crippen molar-refractivity contribution in [1.29, 1.82) is 0 Å². The first-order chi connectivity index (χ1) is 13.0. The molecule has 3 aliphatic heterocycles. The fourth-order valence-electron chi connectivity index (χ4n) is 4.32. The van der Waals surface area contributed by atoms with Crippen molar-refractivity contribution in [1.82, 2.24) is 19.4 Å². The molecule has 2 bridgehead atoms. The lowest BCUT2D eigenvalue weighted by atomic mass is 9.94. The number of carbonyl (C=O) groups excluding carboxylic acids is 2. The number of ketones is 1. The molecule has 0 spiro atoms. The molecule has 5 heterocycles. The van der Waals surface area contributed by atoms with Crippen LogP contribution in [0.4, 0.5) is 0 Å². The summed E-state index contributed by atoms with van der Waals surface area (Å²) in [5.41, 5.74) is 2.81. The summed E-state index contributed by atoms with van der Waals surface area (Å²) in [5.74, 6) is 0.403. The van der Waals surface area contributed by atoms with E-state index in [1.807, 2.05) is 47.0 Å². The maximum atomic E-state index is 13.0. The molecule has 2 atom stereocenters. The SMILES string of the molecule is CC(=O)c1cc(CN2C[C@@H]3CC[C@H](C2)N(Cc2ccccn2)C3=O)n(C)c1. The van der Waals surface area contributed by atoms with E-state index in [-0.39, 0.29) is 23.7 Å². The highest BCUT2D eigenvalue weighted by Crippen LogP contribution is 2.31. The van der Waals surface area contributed by atoms with Crippen LogP contribution in [0.1, 0.15) is 41.5 Å². The number of aromatic nitrogens is 2. The summed E-state index contributed by atoms with van der Waals surface area (Å²) in [6, 6.07) is 8.05. The minimum absolute atomic E-state index is 0.0556. The highest BCUT2D eigenvalue weighted by Gasteiger charge is 2.40. The molecule has 3 aliphatic rings. The standard InChI is InChI=1S/C21H26N4O2/c1-15(26)17-9-20(23(2)10-17)14-24-11-16-6-7-19(13-24)25(21(16)27)12-18-5-3-4-8-22-18/h3-5,8-10,16,19H,6-7,11-14H2,1-2H3/t16-,19+/m0/s1. The van der Waals surface area contributed by atoms with Crippen LogP contribution in [-0.2, 0) is 24.9 Å². The maximum Gasteiger partial charge on any atom is 0.227 e. The number of piperidine rings is 1. The molecule has 3 fully saturated rings. The molecular weight excluding hydrogens is 340 g/mol. The second-order valence-electron chi connectivity index (χ2n) is 7.80. The first-order valence-corrected chi connectivity index (χ1v) is 9.60. The van der Waals surface area contributed by atoms with Gasteiger partial charge in [-0.1, -0.05) is 6.07 Å².